The lowest BCUT2D eigenvalue weighted by molar-refractivity contribution is 0.104. The number of carbonyl (C=O) groups is 1. The molecule has 0 fully saturated rings. The molecule has 0 atom stereocenters. The van der Waals surface area contributed by atoms with Crippen LogP contribution in [0.1, 0.15) is 60.4 Å². The second-order valence-electron chi connectivity index (χ2n) is 6.01. The van der Waals surface area contributed by atoms with Crippen molar-refractivity contribution in [2.75, 3.05) is 0 Å². The van der Waals surface area contributed by atoms with Gasteiger partial charge < -0.3 is 4.57 Å². The van der Waals surface area contributed by atoms with E-state index in [9.17, 15) is 4.79 Å². The molecule has 1 heterocycles. The molecule has 2 rings (SSSR count). The molecule has 0 saturated carbocycles. The molecule has 1 aromatic carbocycles. The highest BCUT2D eigenvalue weighted by Gasteiger charge is 2.11. The van der Waals surface area contributed by atoms with E-state index in [4.69, 9.17) is 0 Å². The number of nitrogens with zero attached hydrogens (tertiary/aromatic N) is 1. The lowest BCUT2D eigenvalue weighted by Crippen LogP contribution is -2.00. The van der Waals surface area contributed by atoms with Gasteiger partial charge in [-0.25, -0.2) is 0 Å². The first kappa shape index (κ1) is 18.0. The van der Waals surface area contributed by atoms with E-state index in [0.29, 0.717) is 5.56 Å². The maximum Gasteiger partial charge on any atom is 0.185 e. The van der Waals surface area contributed by atoms with Crippen molar-refractivity contribution in [2.24, 2.45) is 0 Å². The van der Waals surface area contributed by atoms with Crippen molar-refractivity contribution in [3.05, 3.63) is 71.6 Å². The van der Waals surface area contributed by atoms with Crippen LogP contribution >= 0.6 is 0 Å². The first-order valence-electron chi connectivity index (χ1n) is 8.84. The van der Waals surface area contributed by atoms with Crippen LogP contribution in [0.15, 0.2) is 49.1 Å². The van der Waals surface area contributed by atoms with Crippen LogP contribution in [0, 0.1) is 0 Å². The summed E-state index contributed by atoms with van der Waals surface area (Å²) in [6, 6.07) is 11.6. The first-order valence-corrected chi connectivity index (χ1v) is 8.84. The number of unbranched alkanes of at least 4 members (excludes halogenated alkanes) is 1. The number of carbonyl (C=O) groups excluding carboxylic acids is 1. The summed E-state index contributed by atoms with van der Waals surface area (Å²) >= 11 is 0. The normalized spacial score (nSPS) is 11.1. The molecule has 0 bridgehead atoms. The van der Waals surface area contributed by atoms with Crippen LogP contribution in [-0.4, -0.2) is 10.4 Å². The Balaban J connectivity index is 2.30. The molecular formula is C22H27NO. The number of benzene rings is 1. The number of ketones is 1. The number of allylic oxidation sites excluding steroid dienone is 1. The van der Waals surface area contributed by atoms with Crippen LogP contribution in [0.2, 0.25) is 0 Å². The Morgan fingerprint density at radius 2 is 1.88 bits per heavy atom. The third kappa shape index (κ3) is 4.35. The second-order valence-corrected chi connectivity index (χ2v) is 6.01. The van der Waals surface area contributed by atoms with E-state index in [1.54, 1.807) is 6.08 Å². The van der Waals surface area contributed by atoms with Gasteiger partial charge in [-0.15, -0.1) is 0 Å². The third-order valence-corrected chi connectivity index (χ3v) is 4.19. The predicted octanol–water partition coefficient (Wildman–Crippen LogP) is 5.78. The van der Waals surface area contributed by atoms with Gasteiger partial charge in [0.1, 0.15) is 0 Å². The molecule has 2 aromatic rings. The van der Waals surface area contributed by atoms with Crippen molar-refractivity contribution in [3.8, 4) is 0 Å². The molecule has 0 N–H and O–H groups in total. The van der Waals surface area contributed by atoms with E-state index < -0.39 is 0 Å². The quantitative estimate of drug-likeness (QED) is 0.424. The van der Waals surface area contributed by atoms with Crippen molar-refractivity contribution in [1.82, 2.24) is 4.57 Å². The van der Waals surface area contributed by atoms with Gasteiger partial charge in [0.25, 0.3) is 0 Å². The highest BCUT2D eigenvalue weighted by Crippen LogP contribution is 2.22. The van der Waals surface area contributed by atoms with E-state index in [-0.39, 0.29) is 5.78 Å². The Morgan fingerprint density at radius 1 is 1.12 bits per heavy atom. The first-order chi connectivity index (χ1) is 11.7. The third-order valence-electron chi connectivity index (χ3n) is 4.19. The summed E-state index contributed by atoms with van der Waals surface area (Å²) in [7, 11) is 0. The fourth-order valence-electron chi connectivity index (χ4n) is 2.96. The standard InChI is InChI=1S/C22H27NO/c1-4-7-14-21-19(11-5-2)17-20(23(21)6-3)15-16-22(24)18-12-9-8-10-13-18/h6,8-10,12-13,15-17H,3-5,7,11,14H2,1-2H3/b16-15+. The molecular weight excluding hydrogens is 294 g/mol. The van der Waals surface area contributed by atoms with Crippen LogP contribution in [0.3, 0.4) is 0 Å². The van der Waals surface area contributed by atoms with Crippen molar-refractivity contribution >= 4 is 18.1 Å². The van der Waals surface area contributed by atoms with Crippen molar-refractivity contribution in [3.63, 3.8) is 0 Å². The van der Waals surface area contributed by atoms with Crippen molar-refractivity contribution in [2.45, 2.75) is 46.0 Å². The molecule has 2 heteroatoms. The summed E-state index contributed by atoms with van der Waals surface area (Å²) in [5, 5.41) is 0. The molecule has 2 nitrogen and oxygen atoms in total. The van der Waals surface area contributed by atoms with E-state index in [1.807, 2.05) is 42.6 Å². The lowest BCUT2D eigenvalue weighted by Gasteiger charge is -2.08. The zero-order valence-corrected chi connectivity index (χ0v) is 14.8. The minimum absolute atomic E-state index is 0.0274. The summed E-state index contributed by atoms with van der Waals surface area (Å²) in [6.07, 6.45) is 11.0. The molecule has 0 spiro atoms. The summed E-state index contributed by atoms with van der Waals surface area (Å²) in [5.74, 6) is 0.0274. The molecule has 0 aliphatic rings. The van der Waals surface area contributed by atoms with Crippen LogP contribution < -0.4 is 0 Å². The minimum Gasteiger partial charge on any atom is -0.321 e. The highest BCUT2D eigenvalue weighted by atomic mass is 16.1. The van der Waals surface area contributed by atoms with Gasteiger partial charge in [-0.3, -0.25) is 4.79 Å². The fraction of sp³-hybridized carbons (Fsp3) is 0.318. The number of hydrogen-bond donors (Lipinski definition) is 0. The SMILES string of the molecule is C=Cn1c(/C=C/C(=O)c2ccccc2)cc(CCC)c1CCCC. The molecule has 0 saturated heterocycles. The number of rotatable bonds is 9. The van der Waals surface area contributed by atoms with E-state index in [0.717, 1.165) is 25.0 Å². The molecule has 0 aliphatic heterocycles. The molecule has 1 aromatic heterocycles. The van der Waals surface area contributed by atoms with Gasteiger partial charge in [0.05, 0.1) is 0 Å². The maximum absolute atomic E-state index is 12.3. The fourth-order valence-corrected chi connectivity index (χ4v) is 2.96. The summed E-state index contributed by atoms with van der Waals surface area (Å²) < 4.78 is 2.13. The molecule has 0 radical (unpaired) electrons. The van der Waals surface area contributed by atoms with Crippen molar-refractivity contribution in [1.29, 1.82) is 0 Å². The van der Waals surface area contributed by atoms with E-state index in [1.165, 1.54) is 24.1 Å². The van der Waals surface area contributed by atoms with Crippen LogP contribution in [-0.2, 0) is 12.8 Å². The van der Waals surface area contributed by atoms with Crippen molar-refractivity contribution < 1.29 is 4.79 Å². The second kappa shape index (κ2) is 9.07. The Bertz CT molecular complexity index is 707. The Labute approximate surface area is 145 Å². The molecule has 0 amide bonds. The number of aromatic nitrogens is 1. The number of aryl methyl sites for hydroxylation is 1. The minimum atomic E-state index is 0.0274. The summed E-state index contributed by atoms with van der Waals surface area (Å²) in [5.41, 5.74) is 4.45. The van der Waals surface area contributed by atoms with E-state index >= 15 is 0 Å². The zero-order chi connectivity index (χ0) is 17.4. The van der Waals surface area contributed by atoms with Gasteiger partial charge >= 0.3 is 0 Å². The lowest BCUT2D eigenvalue weighted by atomic mass is 10.1. The predicted molar refractivity (Wildman–Crippen MR) is 103 cm³/mol. The van der Waals surface area contributed by atoms with E-state index in [2.05, 4.69) is 31.1 Å². The van der Waals surface area contributed by atoms with Gasteiger partial charge in [0, 0.05) is 23.2 Å². The summed E-state index contributed by atoms with van der Waals surface area (Å²) in [6.45, 7) is 8.37. The van der Waals surface area contributed by atoms with Gasteiger partial charge in [-0.05, 0) is 43.0 Å². The molecule has 0 unspecified atom stereocenters. The Hall–Kier alpha value is -2.35. The van der Waals surface area contributed by atoms with Gasteiger partial charge in [-0.1, -0.05) is 63.6 Å². The highest BCUT2D eigenvalue weighted by molar-refractivity contribution is 6.06. The maximum atomic E-state index is 12.3. The van der Waals surface area contributed by atoms with Gasteiger partial charge in [0.2, 0.25) is 0 Å². The molecule has 24 heavy (non-hydrogen) atoms. The van der Waals surface area contributed by atoms with Crippen LogP contribution in [0.25, 0.3) is 12.3 Å². The monoisotopic (exact) mass is 321 g/mol. The zero-order valence-electron chi connectivity index (χ0n) is 14.8. The Morgan fingerprint density at radius 3 is 2.50 bits per heavy atom. The average Bonchev–Trinajstić information content (AvgIpc) is 2.95. The van der Waals surface area contributed by atoms with Crippen LogP contribution in [0.4, 0.5) is 0 Å². The van der Waals surface area contributed by atoms with Crippen LogP contribution in [0.5, 0.6) is 0 Å². The topological polar surface area (TPSA) is 22.0 Å². The largest absolute Gasteiger partial charge is 0.321 e. The molecule has 0 aliphatic carbocycles. The summed E-state index contributed by atoms with van der Waals surface area (Å²) in [4.78, 5) is 12.3. The Kier molecular flexibility index (Phi) is 6.80. The van der Waals surface area contributed by atoms with Gasteiger partial charge in [0.15, 0.2) is 5.78 Å². The molecule has 126 valence electrons. The average molecular weight is 321 g/mol. The van der Waals surface area contributed by atoms with Gasteiger partial charge in [-0.2, -0.15) is 0 Å². The smallest absolute Gasteiger partial charge is 0.185 e. The number of hydrogen-bond acceptors (Lipinski definition) is 1.